The van der Waals surface area contributed by atoms with Gasteiger partial charge in [0.2, 0.25) is 11.2 Å². The molecule has 2 aromatic carbocycles. The minimum Gasteiger partial charge on any atom is -0.507 e. The first kappa shape index (κ1) is 15.9. The van der Waals surface area contributed by atoms with Crippen LogP contribution < -0.4 is 10.2 Å². The largest absolute Gasteiger partial charge is 0.507 e. The van der Waals surface area contributed by atoms with Crippen LogP contribution in [-0.4, -0.2) is 17.3 Å². The van der Waals surface area contributed by atoms with Gasteiger partial charge in [0.1, 0.15) is 16.7 Å². The third kappa shape index (κ3) is 2.48. The number of hydrogen-bond donors (Lipinski definition) is 2. The topological polar surface area (TPSA) is 79.9 Å². The second kappa shape index (κ2) is 5.92. The Kier molecular flexibility index (Phi) is 3.93. The molecule has 5 heteroatoms. The molecule has 0 saturated heterocycles. The number of hydrogen-bond acceptors (Lipinski definition) is 5. The summed E-state index contributed by atoms with van der Waals surface area (Å²) in [5.74, 6) is -0.0711. The van der Waals surface area contributed by atoms with Gasteiger partial charge in [-0.15, -0.1) is 0 Å². The smallest absolute Gasteiger partial charge is 0.204 e. The van der Waals surface area contributed by atoms with Gasteiger partial charge in [0.25, 0.3) is 0 Å². The molecule has 0 spiro atoms. The summed E-state index contributed by atoms with van der Waals surface area (Å²) in [6, 6.07) is 6.20. The van der Waals surface area contributed by atoms with E-state index >= 15 is 0 Å². The Morgan fingerprint density at radius 3 is 2.71 bits per heavy atom. The van der Waals surface area contributed by atoms with Crippen LogP contribution in [0.1, 0.15) is 19.4 Å². The molecule has 0 saturated carbocycles. The van der Waals surface area contributed by atoms with E-state index < -0.39 is 0 Å². The first-order valence-electron chi connectivity index (χ1n) is 7.54. The number of ether oxygens (including phenoxy) is 1. The molecule has 0 atom stereocenters. The van der Waals surface area contributed by atoms with Crippen molar-refractivity contribution in [3.8, 4) is 17.2 Å². The number of rotatable bonds is 3. The summed E-state index contributed by atoms with van der Waals surface area (Å²) in [6.07, 6.45) is 2.40. The lowest BCUT2D eigenvalue weighted by Gasteiger charge is -2.12. The maximum absolute atomic E-state index is 12.8. The third-order valence-electron chi connectivity index (χ3n) is 3.91. The van der Waals surface area contributed by atoms with Crippen molar-refractivity contribution in [3.63, 3.8) is 0 Å². The Bertz CT molecular complexity index is 1020. The zero-order chi connectivity index (χ0) is 17.4. The molecule has 24 heavy (non-hydrogen) atoms. The van der Waals surface area contributed by atoms with E-state index in [1.165, 1.54) is 13.2 Å². The van der Waals surface area contributed by atoms with E-state index in [1.807, 2.05) is 19.9 Å². The fourth-order valence-corrected chi connectivity index (χ4v) is 2.69. The van der Waals surface area contributed by atoms with Crippen molar-refractivity contribution >= 4 is 21.9 Å². The number of methoxy groups -OCH3 is 1. The molecule has 2 N–H and O–H groups in total. The fraction of sp³-hybridized carbons (Fsp3) is 0.211. The first-order valence-corrected chi connectivity index (χ1v) is 7.54. The van der Waals surface area contributed by atoms with Crippen LogP contribution in [0.3, 0.4) is 0 Å². The molecule has 5 nitrogen and oxygen atoms in total. The molecular formula is C19H18O5. The third-order valence-corrected chi connectivity index (χ3v) is 3.91. The van der Waals surface area contributed by atoms with Gasteiger partial charge in [0, 0.05) is 5.56 Å². The van der Waals surface area contributed by atoms with E-state index in [0.29, 0.717) is 12.0 Å². The van der Waals surface area contributed by atoms with Crippen LogP contribution in [0.2, 0.25) is 0 Å². The van der Waals surface area contributed by atoms with Crippen molar-refractivity contribution in [2.75, 3.05) is 7.11 Å². The summed E-state index contributed by atoms with van der Waals surface area (Å²) in [5, 5.41) is 20.8. The predicted molar refractivity (Wildman–Crippen MR) is 93.0 cm³/mol. The van der Waals surface area contributed by atoms with Crippen LogP contribution in [0.4, 0.5) is 0 Å². The van der Waals surface area contributed by atoms with Gasteiger partial charge in [-0.25, -0.2) is 0 Å². The van der Waals surface area contributed by atoms with E-state index in [0.717, 1.165) is 5.57 Å². The van der Waals surface area contributed by atoms with Crippen molar-refractivity contribution in [3.05, 3.63) is 51.7 Å². The van der Waals surface area contributed by atoms with E-state index in [1.54, 1.807) is 18.2 Å². The molecule has 0 fully saturated rings. The van der Waals surface area contributed by atoms with E-state index in [9.17, 15) is 15.0 Å². The van der Waals surface area contributed by atoms with Crippen LogP contribution in [0.15, 0.2) is 45.1 Å². The maximum Gasteiger partial charge on any atom is 0.204 e. The first-order chi connectivity index (χ1) is 11.4. The number of phenols is 2. The maximum atomic E-state index is 12.8. The number of fused-ring (bicyclic) bond motifs is 2. The predicted octanol–water partition coefficient (Wildman–Crippen LogP) is 3.87. The highest BCUT2D eigenvalue weighted by atomic mass is 16.5. The van der Waals surface area contributed by atoms with Gasteiger partial charge in [-0.1, -0.05) is 17.7 Å². The van der Waals surface area contributed by atoms with E-state index in [2.05, 4.69) is 0 Å². The van der Waals surface area contributed by atoms with Crippen molar-refractivity contribution in [1.82, 2.24) is 0 Å². The molecule has 0 amide bonds. The normalized spacial score (nSPS) is 11.0. The fourth-order valence-electron chi connectivity index (χ4n) is 2.69. The molecule has 1 aromatic heterocycles. The summed E-state index contributed by atoms with van der Waals surface area (Å²) in [4.78, 5) is 12.8. The Hall–Kier alpha value is -2.95. The van der Waals surface area contributed by atoms with Gasteiger partial charge in [-0.3, -0.25) is 4.79 Å². The van der Waals surface area contributed by atoms with Crippen molar-refractivity contribution < 1.29 is 19.4 Å². The summed E-state index contributed by atoms with van der Waals surface area (Å²) < 4.78 is 11.0. The summed E-state index contributed by atoms with van der Waals surface area (Å²) in [5.41, 5.74) is 1.70. The lowest BCUT2D eigenvalue weighted by molar-refractivity contribution is 0.369. The Morgan fingerprint density at radius 2 is 2.04 bits per heavy atom. The van der Waals surface area contributed by atoms with Gasteiger partial charge in [-0.2, -0.15) is 0 Å². The monoisotopic (exact) mass is 326 g/mol. The molecule has 0 radical (unpaired) electrons. The molecule has 124 valence electrons. The summed E-state index contributed by atoms with van der Waals surface area (Å²) >= 11 is 0. The molecule has 0 unspecified atom stereocenters. The average molecular weight is 326 g/mol. The van der Waals surface area contributed by atoms with Crippen molar-refractivity contribution in [2.24, 2.45) is 0 Å². The minimum absolute atomic E-state index is 0.0508. The standard InChI is InChI=1S/C19H18O5/c1-10(2)7-8-11-9-12-17(22)15-13(20)5-4-6-14(15)24-18(12)19(23-3)16(11)21/h4-7,9,20-21H,8H2,1-3H3. The Labute approximate surface area is 138 Å². The van der Waals surface area contributed by atoms with Crippen LogP contribution in [0.25, 0.3) is 21.9 Å². The molecular weight excluding hydrogens is 308 g/mol. The lowest BCUT2D eigenvalue weighted by Crippen LogP contribution is -2.04. The van der Waals surface area contributed by atoms with Gasteiger partial charge in [0.15, 0.2) is 11.3 Å². The van der Waals surface area contributed by atoms with E-state index in [-0.39, 0.29) is 44.6 Å². The van der Waals surface area contributed by atoms with Crippen molar-refractivity contribution in [2.45, 2.75) is 20.3 Å². The van der Waals surface area contributed by atoms with Crippen molar-refractivity contribution in [1.29, 1.82) is 0 Å². The van der Waals surface area contributed by atoms with Gasteiger partial charge in [0.05, 0.1) is 12.5 Å². The van der Waals surface area contributed by atoms with Gasteiger partial charge in [-0.05, 0) is 38.5 Å². The van der Waals surface area contributed by atoms with Gasteiger partial charge >= 0.3 is 0 Å². The molecule has 0 aliphatic carbocycles. The van der Waals surface area contributed by atoms with E-state index in [4.69, 9.17) is 9.15 Å². The zero-order valence-corrected chi connectivity index (χ0v) is 13.7. The van der Waals surface area contributed by atoms with Crippen LogP contribution in [0.5, 0.6) is 17.2 Å². The molecule has 0 aliphatic heterocycles. The second-order valence-electron chi connectivity index (χ2n) is 5.86. The summed E-state index contributed by atoms with van der Waals surface area (Å²) in [6.45, 7) is 3.91. The number of aromatic hydroxyl groups is 2. The molecule has 3 rings (SSSR count). The number of phenolic OH excluding ortho intramolecular Hbond substituents is 2. The molecule has 0 bridgehead atoms. The Balaban J connectivity index is 2.44. The molecule has 1 heterocycles. The number of allylic oxidation sites excluding steroid dienone is 2. The lowest BCUT2D eigenvalue weighted by atomic mass is 10.0. The number of benzene rings is 2. The highest BCUT2D eigenvalue weighted by Gasteiger charge is 2.20. The minimum atomic E-state index is -0.360. The highest BCUT2D eigenvalue weighted by molar-refractivity contribution is 5.96. The van der Waals surface area contributed by atoms with Crippen LogP contribution in [0, 0.1) is 0 Å². The summed E-state index contributed by atoms with van der Waals surface area (Å²) in [7, 11) is 1.41. The SMILES string of the molecule is COc1c(O)c(CC=C(C)C)cc2c(=O)c3c(O)cccc3oc12. The van der Waals surface area contributed by atoms with Crippen LogP contribution >= 0.6 is 0 Å². The zero-order valence-electron chi connectivity index (χ0n) is 13.7. The quantitative estimate of drug-likeness (QED) is 0.564. The molecule has 3 aromatic rings. The second-order valence-corrected chi connectivity index (χ2v) is 5.86. The Morgan fingerprint density at radius 1 is 1.29 bits per heavy atom. The van der Waals surface area contributed by atoms with Gasteiger partial charge < -0.3 is 19.4 Å². The molecule has 0 aliphatic rings. The van der Waals surface area contributed by atoms with Crippen LogP contribution in [-0.2, 0) is 6.42 Å². The highest BCUT2D eigenvalue weighted by Crippen LogP contribution is 2.39. The average Bonchev–Trinajstić information content (AvgIpc) is 2.53.